The molecule has 0 fully saturated rings. The number of aryl methyl sites for hydroxylation is 2. The molecule has 0 aromatic heterocycles. The van der Waals surface area contributed by atoms with Crippen molar-refractivity contribution >= 4 is 17.4 Å². The van der Waals surface area contributed by atoms with Crippen LogP contribution in [0, 0.1) is 6.92 Å². The largest absolute Gasteiger partial charge is 0.289 e. The molecule has 98 valence electrons. The number of hydrogen-bond donors (Lipinski definition) is 0. The molecule has 2 heteroatoms. The van der Waals surface area contributed by atoms with Gasteiger partial charge in [-0.2, -0.15) is 0 Å². The zero-order valence-corrected chi connectivity index (χ0v) is 11.8. The van der Waals surface area contributed by atoms with Gasteiger partial charge in [0, 0.05) is 17.0 Å². The van der Waals surface area contributed by atoms with Crippen molar-refractivity contribution in [2.24, 2.45) is 0 Å². The maximum absolute atomic E-state index is 12.5. The molecule has 0 atom stereocenters. The summed E-state index contributed by atoms with van der Waals surface area (Å²) in [6.45, 7) is 2.04. The van der Waals surface area contributed by atoms with Crippen LogP contribution in [0.3, 0.4) is 0 Å². The maximum atomic E-state index is 12.5. The van der Waals surface area contributed by atoms with Crippen LogP contribution in [0.2, 0.25) is 0 Å². The molecule has 2 aromatic carbocycles. The highest BCUT2D eigenvalue weighted by Crippen LogP contribution is 2.18. The predicted molar refractivity (Wildman–Crippen MR) is 80.1 cm³/mol. The Kier molecular flexibility index (Phi) is 4.75. The van der Waals surface area contributed by atoms with Crippen molar-refractivity contribution in [3.05, 3.63) is 70.8 Å². The van der Waals surface area contributed by atoms with Crippen LogP contribution < -0.4 is 0 Å². The van der Waals surface area contributed by atoms with Gasteiger partial charge in [0.1, 0.15) is 0 Å². The van der Waals surface area contributed by atoms with Crippen LogP contribution in [0.5, 0.6) is 0 Å². The minimum atomic E-state index is 0.0881. The summed E-state index contributed by atoms with van der Waals surface area (Å²) in [5, 5.41) is 0. The van der Waals surface area contributed by atoms with Gasteiger partial charge in [-0.15, -0.1) is 11.6 Å². The monoisotopic (exact) mass is 272 g/mol. The number of halogens is 1. The third-order valence-electron chi connectivity index (χ3n) is 3.12. The van der Waals surface area contributed by atoms with Crippen LogP contribution in [0.25, 0.3) is 0 Å². The van der Waals surface area contributed by atoms with Crippen LogP contribution in [0.4, 0.5) is 0 Å². The summed E-state index contributed by atoms with van der Waals surface area (Å²) in [6.07, 6.45) is 1.74. The lowest BCUT2D eigenvalue weighted by molar-refractivity contribution is 0.103. The van der Waals surface area contributed by atoms with Gasteiger partial charge in [-0.1, -0.05) is 54.1 Å². The molecule has 0 spiro atoms. The van der Waals surface area contributed by atoms with Crippen molar-refractivity contribution in [1.82, 2.24) is 0 Å². The summed E-state index contributed by atoms with van der Waals surface area (Å²) in [6, 6.07) is 15.4. The first-order chi connectivity index (χ1) is 9.22. The molecule has 0 heterocycles. The Hall–Kier alpha value is -1.60. The van der Waals surface area contributed by atoms with Gasteiger partial charge in [0.15, 0.2) is 5.78 Å². The van der Waals surface area contributed by atoms with E-state index in [0.29, 0.717) is 5.88 Å². The Morgan fingerprint density at radius 1 is 1.11 bits per heavy atom. The van der Waals surface area contributed by atoms with Gasteiger partial charge in [-0.25, -0.2) is 0 Å². The molecule has 0 unspecified atom stereocenters. The van der Waals surface area contributed by atoms with Gasteiger partial charge in [-0.05, 0) is 25.3 Å². The Bertz CT molecular complexity index is 561. The standard InChI is InChI=1S/C17H17ClO/c1-13-9-10-16(15(12-13)8-5-11-18)17(19)14-6-3-2-4-7-14/h2-4,6-7,9-10,12H,5,8,11H2,1H3. The van der Waals surface area contributed by atoms with Gasteiger partial charge >= 0.3 is 0 Å². The minimum Gasteiger partial charge on any atom is -0.289 e. The maximum Gasteiger partial charge on any atom is 0.193 e. The highest BCUT2D eigenvalue weighted by Gasteiger charge is 2.13. The molecule has 1 nitrogen and oxygen atoms in total. The summed E-state index contributed by atoms with van der Waals surface area (Å²) in [5.41, 5.74) is 3.80. The Morgan fingerprint density at radius 2 is 1.84 bits per heavy atom. The molecule has 2 aromatic rings. The van der Waals surface area contributed by atoms with Crippen molar-refractivity contribution in [1.29, 1.82) is 0 Å². The molecule has 0 amide bonds. The van der Waals surface area contributed by atoms with E-state index in [9.17, 15) is 4.79 Å². The summed E-state index contributed by atoms with van der Waals surface area (Å²) < 4.78 is 0. The van der Waals surface area contributed by atoms with E-state index >= 15 is 0 Å². The van der Waals surface area contributed by atoms with Crippen molar-refractivity contribution in [3.63, 3.8) is 0 Å². The molecular formula is C17H17ClO. The van der Waals surface area contributed by atoms with Crippen molar-refractivity contribution < 1.29 is 4.79 Å². The number of ketones is 1. The van der Waals surface area contributed by atoms with Crippen LogP contribution in [-0.2, 0) is 6.42 Å². The zero-order chi connectivity index (χ0) is 13.7. The van der Waals surface area contributed by atoms with Crippen LogP contribution in [0.15, 0.2) is 48.5 Å². The van der Waals surface area contributed by atoms with Gasteiger partial charge in [0.25, 0.3) is 0 Å². The van der Waals surface area contributed by atoms with Gasteiger partial charge in [0.2, 0.25) is 0 Å². The van der Waals surface area contributed by atoms with E-state index in [4.69, 9.17) is 11.6 Å². The normalized spacial score (nSPS) is 10.4. The van der Waals surface area contributed by atoms with E-state index in [1.165, 1.54) is 5.56 Å². The summed E-state index contributed by atoms with van der Waals surface area (Å²) >= 11 is 5.76. The Morgan fingerprint density at radius 3 is 2.53 bits per heavy atom. The summed E-state index contributed by atoms with van der Waals surface area (Å²) in [7, 11) is 0. The molecular weight excluding hydrogens is 256 g/mol. The van der Waals surface area contributed by atoms with E-state index in [1.807, 2.05) is 49.4 Å². The topological polar surface area (TPSA) is 17.1 Å². The summed E-state index contributed by atoms with van der Waals surface area (Å²) in [4.78, 5) is 12.5. The third kappa shape index (κ3) is 3.45. The molecule has 19 heavy (non-hydrogen) atoms. The second-order valence-electron chi connectivity index (χ2n) is 4.65. The first-order valence-electron chi connectivity index (χ1n) is 6.47. The van der Waals surface area contributed by atoms with Crippen molar-refractivity contribution in [2.75, 3.05) is 5.88 Å². The zero-order valence-electron chi connectivity index (χ0n) is 11.0. The third-order valence-corrected chi connectivity index (χ3v) is 3.39. The number of alkyl halides is 1. The van der Waals surface area contributed by atoms with Crippen LogP contribution in [-0.4, -0.2) is 11.7 Å². The molecule has 0 bridgehead atoms. The molecule has 0 N–H and O–H groups in total. The van der Waals surface area contributed by atoms with E-state index in [2.05, 4.69) is 6.07 Å². The van der Waals surface area contributed by atoms with Gasteiger partial charge in [-0.3, -0.25) is 4.79 Å². The second kappa shape index (κ2) is 6.53. The number of carbonyl (C=O) groups excluding carboxylic acids is 1. The fourth-order valence-corrected chi connectivity index (χ4v) is 2.29. The Balaban J connectivity index is 2.36. The fraction of sp³-hybridized carbons (Fsp3) is 0.235. The van der Waals surface area contributed by atoms with E-state index in [1.54, 1.807) is 0 Å². The first kappa shape index (κ1) is 13.8. The number of rotatable bonds is 5. The average Bonchev–Trinajstić information content (AvgIpc) is 2.45. The fourth-order valence-electron chi connectivity index (χ4n) is 2.15. The molecule has 0 aliphatic rings. The number of benzene rings is 2. The van der Waals surface area contributed by atoms with Crippen LogP contribution >= 0.6 is 11.6 Å². The molecule has 0 saturated carbocycles. The smallest absolute Gasteiger partial charge is 0.193 e. The van der Waals surface area contributed by atoms with Crippen LogP contribution in [0.1, 0.15) is 33.5 Å². The lowest BCUT2D eigenvalue weighted by atomic mass is 9.94. The van der Waals surface area contributed by atoms with Crippen molar-refractivity contribution in [3.8, 4) is 0 Å². The quantitative estimate of drug-likeness (QED) is 0.582. The van der Waals surface area contributed by atoms with E-state index in [0.717, 1.165) is 29.5 Å². The highest BCUT2D eigenvalue weighted by molar-refractivity contribution is 6.17. The first-order valence-corrected chi connectivity index (χ1v) is 7.01. The molecule has 0 radical (unpaired) electrons. The molecule has 0 aliphatic carbocycles. The second-order valence-corrected chi connectivity index (χ2v) is 5.03. The van der Waals surface area contributed by atoms with Gasteiger partial charge in [0.05, 0.1) is 0 Å². The summed E-state index contributed by atoms with van der Waals surface area (Å²) in [5.74, 6) is 0.706. The molecule has 2 rings (SSSR count). The molecule has 0 aliphatic heterocycles. The number of hydrogen-bond acceptors (Lipinski definition) is 1. The number of carbonyl (C=O) groups is 1. The lowest BCUT2D eigenvalue weighted by Gasteiger charge is -2.09. The van der Waals surface area contributed by atoms with Crippen molar-refractivity contribution in [2.45, 2.75) is 19.8 Å². The lowest BCUT2D eigenvalue weighted by Crippen LogP contribution is -2.06. The SMILES string of the molecule is Cc1ccc(C(=O)c2ccccc2)c(CCCCl)c1. The average molecular weight is 273 g/mol. The van der Waals surface area contributed by atoms with E-state index < -0.39 is 0 Å². The minimum absolute atomic E-state index is 0.0881. The molecule has 0 saturated heterocycles. The highest BCUT2D eigenvalue weighted by atomic mass is 35.5. The van der Waals surface area contributed by atoms with Gasteiger partial charge < -0.3 is 0 Å². The Labute approximate surface area is 119 Å². The van der Waals surface area contributed by atoms with E-state index in [-0.39, 0.29) is 5.78 Å². The predicted octanol–water partition coefficient (Wildman–Crippen LogP) is 4.40.